The van der Waals surface area contributed by atoms with Crippen LogP contribution in [0.4, 0.5) is 5.69 Å². The molecule has 1 amide bonds. The third kappa shape index (κ3) is 5.69. The van der Waals surface area contributed by atoms with E-state index >= 15 is 0 Å². The molecule has 1 aliphatic rings. The van der Waals surface area contributed by atoms with Crippen molar-refractivity contribution in [3.63, 3.8) is 0 Å². The molecule has 1 aromatic rings. The molecule has 0 aromatic heterocycles. The molecule has 0 radical (unpaired) electrons. The number of nitro benzene ring substituents is 1. The number of nitro groups is 1. The van der Waals surface area contributed by atoms with Crippen molar-refractivity contribution in [2.75, 3.05) is 34.0 Å². The molecule has 9 nitrogen and oxygen atoms in total. The van der Waals surface area contributed by atoms with Crippen LogP contribution >= 0.6 is 12.4 Å². The third-order valence-corrected chi connectivity index (χ3v) is 4.55. The molecular weight excluding hydrogens is 378 g/mol. The van der Waals surface area contributed by atoms with Crippen molar-refractivity contribution >= 4 is 24.0 Å². The van der Waals surface area contributed by atoms with Crippen molar-refractivity contribution in [3.8, 4) is 11.5 Å². The SMILES string of the molecule is COCCOc1cc([N+](=O)[O-])c(C(=O)NC2CCCC2CN)cc1OC.Cl. The van der Waals surface area contributed by atoms with Gasteiger partial charge >= 0.3 is 0 Å². The summed E-state index contributed by atoms with van der Waals surface area (Å²) in [5.41, 5.74) is 5.34. The van der Waals surface area contributed by atoms with Crippen LogP contribution in [0.25, 0.3) is 0 Å². The van der Waals surface area contributed by atoms with E-state index in [0.717, 1.165) is 19.3 Å². The van der Waals surface area contributed by atoms with Gasteiger partial charge in [-0.3, -0.25) is 14.9 Å². The summed E-state index contributed by atoms with van der Waals surface area (Å²) in [5.74, 6) is 0.118. The van der Waals surface area contributed by atoms with E-state index in [0.29, 0.717) is 13.2 Å². The molecule has 1 aliphatic carbocycles. The highest BCUT2D eigenvalue weighted by Gasteiger charge is 2.31. The zero-order chi connectivity index (χ0) is 19.1. The molecule has 2 atom stereocenters. The van der Waals surface area contributed by atoms with Crippen molar-refractivity contribution in [2.24, 2.45) is 11.7 Å². The highest BCUT2D eigenvalue weighted by atomic mass is 35.5. The summed E-state index contributed by atoms with van der Waals surface area (Å²) in [6, 6.07) is 2.47. The minimum absolute atomic E-state index is 0. The number of nitrogens with zero attached hydrogens (tertiary/aromatic N) is 1. The smallest absolute Gasteiger partial charge is 0.286 e. The van der Waals surface area contributed by atoms with Crippen LogP contribution in [0.3, 0.4) is 0 Å². The highest BCUT2D eigenvalue weighted by molar-refractivity contribution is 5.99. The maximum atomic E-state index is 12.7. The predicted octanol–water partition coefficient (Wildman–Crippen LogP) is 1.91. The normalized spacial score (nSPS) is 18.5. The Balaban J connectivity index is 0.00000364. The van der Waals surface area contributed by atoms with Crippen LogP contribution in [0.15, 0.2) is 12.1 Å². The Kier molecular flexibility index (Phi) is 9.27. The van der Waals surface area contributed by atoms with Crippen LogP contribution < -0.4 is 20.5 Å². The van der Waals surface area contributed by atoms with E-state index in [2.05, 4.69) is 5.32 Å². The van der Waals surface area contributed by atoms with Gasteiger partial charge in [0.05, 0.1) is 24.7 Å². The number of ether oxygens (including phenoxy) is 3. The van der Waals surface area contributed by atoms with Crippen molar-refractivity contribution in [2.45, 2.75) is 25.3 Å². The second-order valence-electron chi connectivity index (χ2n) is 6.13. The van der Waals surface area contributed by atoms with E-state index < -0.39 is 10.8 Å². The van der Waals surface area contributed by atoms with Crippen LogP contribution in [-0.4, -0.2) is 50.9 Å². The molecule has 2 unspecified atom stereocenters. The number of hydrogen-bond donors (Lipinski definition) is 2. The largest absolute Gasteiger partial charge is 0.493 e. The van der Waals surface area contributed by atoms with Crippen molar-refractivity contribution in [3.05, 3.63) is 27.8 Å². The van der Waals surface area contributed by atoms with Crippen molar-refractivity contribution < 1.29 is 23.9 Å². The molecule has 3 N–H and O–H groups in total. The van der Waals surface area contributed by atoms with Gasteiger partial charge in [0.1, 0.15) is 12.2 Å². The van der Waals surface area contributed by atoms with Gasteiger partial charge in [-0.25, -0.2) is 0 Å². The van der Waals surface area contributed by atoms with Crippen LogP contribution in [0, 0.1) is 16.0 Å². The van der Waals surface area contributed by atoms with E-state index in [4.69, 9.17) is 19.9 Å². The molecule has 1 fully saturated rings. The van der Waals surface area contributed by atoms with Gasteiger partial charge in [-0.2, -0.15) is 0 Å². The first-order valence-corrected chi connectivity index (χ1v) is 8.50. The summed E-state index contributed by atoms with van der Waals surface area (Å²) in [6.07, 6.45) is 2.74. The second-order valence-corrected chi connectivity index (χ2v) is 6.13. The number of nitrogens with two attached hydrogens (primary N) is 1. The summed E-state index contributed by atoms with van der Waals surface area (Å²) in [6.45, 7) is 1.000. The van der Waals surface area contributed by atoms with Gasteiger partial charge in [-0.05, 0) is 25.3 Å². The van der Waals surface area contributed by atoms with E-state index in [1.807, 2.05) is 0 Å². The third-order valence-electron chi connectivity index (χ3n) is 4.55. The Morgan fingerprint density at radius 3 is 2.63 bits per heavy atom. The standard InChI is InChI=1S/C17H25N3O6.ClH/c1-24-6-7-26-16-9-14(20(22)23)12(8-15(16)25-2)17(21)19-13-5-3-4-11(13)10-18;/h8-9,11,13H,3-7,10,18H2,1-2H3,(H,19,21);1H. The summed E-state index contributed by atoms with van der Waals surface area (Å²) in [5, 5.41) is 14.3. The van der Waals surface area contributed by atoms with Gasteiger partial charge in [0.25, 0.3) is 11.6 Å². The average Bonchev–Trinajstić information content (AvgIpc) is 3.08. The number of rotatable bonds is 9. The molecule has 27 heavy (non-hydrogen) atoms. The number of amides is 1. The highest BCUT2D eigenvalue weighted by Crippen LogP contribution is 2.35. The molecule has 0 bridgehead atoms. The van der Waals surface area contributed by atoms with Crippen LogP contribution in [0.1, 0.15) is 29.6 Å². The van der Waals surface area contributed by atoms with E-state index in [1.54, 1.807) is 0 Å². The van der Waals surface area contributed by atoms with Crippen LogP contribution in [0.5, 0.6) is 11.5 Å². The first-order chi connectivity index (χ1) is 12.5. The van der Waals surface area contributed by atoms with Crippen molar-refractivity contribution in [1.82, 2.24) is 5.32 Å². The molecule has 2 rings (SSSR count). The molecule has 1 saturated carbocycles. The molecular formula is C17H26ClN3O6. The first-order valence-electron chi connectivity index (χ1n) is 8.50. The quantitative estimate of drug-likeness (QED) is 0.366. The molecule has 0 aliphatic heterocycles. The lowest BCUT2D eigenvalue weighted by Crippen LogP contribution is -2.40. The lowest BCUT2D eigenvalue weighted by Gasteiger charge is -2.20. The number of carbonyl (C=O) groups excluding carboxylic acids is 1. The topological polar surface area (TPSA) is 126 Å². The molecule has 1 aromatic carbocycles. The number of nitrogens with one attached hydrogen (secondary N) is 1. The van der Waals surface area contributed by atoms with E-state index in [1.165, 1.54) is 26.4 Å². The van der Waals surface area contributed by atoms with Crippen LogP contribution in [-0.2, 0) is 4.74 Å². The van der Waals surface area contributed by atoms with Crippen molar-refractivity contribution in [1.29, 1.82) is 0 Å². The fourth-order valence-corrected chi connectivity index (χ4v) is 3.14. The number of carbonyl (C=O) groups is 1. The second kappa shape index (κ2) is 10.9. The minimum atomic E-state index is -0.605. The fraction of sp³-hybridized carbons (Fsp3) is 0.588. The Labute approximate surface area is 164 Å². The first kappa shape index (κ1) is 22.9. The minimum Gasteiger partial charge on any atom is -0.493 e. The summed E-state index contributed by atoms with van der Waals surface area (Å²) < 4.78 is 15.6. The number of halogens is 1. The van der Waals surface area contributed by atoms with Crippen LogP contribution in [0.2, 0.25) is 0 Å². The predicted molar refractivity (Wildman–Crippen MR) is 102 cm³/mol. The van der Waals surface area contributed by atoms with Gasteiger partial charge in [-0.15, -0.1) is 12.4 Å². The number of benzene rings is 1. The van der Waals surface area contributed by atoms with Gasteiger partial charge in [0, 0.05) is 19.2 Å². The molecule has 152 valence electrons. The molecule has 0 saturated heterocycles. The Hall–Kier alpha value is -2.10. The molecule has 10 heteroatoms. The summed E-state index contributed by atoms with van der Waals surface area (Å²) in [4.78, 5) is 23.5. The lowest BCUT2D eigenvalue weighted by molar-refractivity contribution is -0.385. The fourth-order valence-electron chi connectivity index (χ4n) is 3.14. The zero-order valence-electron chi connectivity index (χ0n) is 15.4. The summed E-state index contributed by atoms with van der Waals surface area (Å²) >= 11 is 0. The Morgan fingerprint density at radius 2 is 2.04 bits per heavy atom. The van der Waals surface area contributed by atoms with Gasteiger partial charge in [0.2, 0.25) is 0 Å². The Morgan fingerprint density at radius 1 is 1.30 bits per heavy atom. The molecule has 0 heterocycles. The number of methoxy groups -OCH3 is 2. The van der Waals surface area contributed by atoms with E-state index in [9.17, 15) is 14.9 Å². The Bertz CT molecular complexity index is 658. The maximum Gasteiger partial charge on any atom is 0.286 e. The average molecular weight is 404 g/mol. The van der Waals surface area contributed by atoms with Gasteiger partial charge < -0.3 is 25.3 Å². The lowest BCUT2D eigenvalue weighted by atomic mass is 10.0. The maximum absolute atomic E-state index is 12.7. The van der Waals surface area contributed by atoms with E-state index in [-0.39, 0.29) is 53.7 Å². The molecule has 0 spiro atoms. The zero-order valence-corrected chi connectivity index (χ0v) is 16.3. The van der Waals surface area contributed by atoms with Gasteiger partial charge in [-0.1, -0.05) is 6.42 Å². The number of hydrogen-bond acceptors (Lipinski definition) is 7. The monoisotopic (exact) mass is 403 g/mol. The summed E-state index contributed by atoms with van der Waals surface area (Å²) in [7, 11) is 2.93. The van der Waals surface area contributed by atoms with Gasteiger partial charge in [0.15, 0.2) is 11.5 Å².